The highest BCUT2D eigenvalue weighted by atomic mass is 19.1. The van der Waals surface area contributed by atoms with E-state index in [2.05, 4.69) is 31.8 Å². The summed E-state index contributed by atoms with van der Waals surface area (Å²) in [5.74, 6) is 2.95. The van der Waals surface area contributed by atoms with Gasteiger partial charge in [0.15, 0.2) is 0 Å². The Kier molecular flexibility index (Phi) is 3.97. The minimum atomic E-state index is -0.170. The second-order valence-corrected chi connectivity index (χ2v) is 7.06. The Bertz CT molecular complexity index is 634. The van der Waals surface area contributed by atoms with Crippen LogP contribution in [0.5, 0.6) is 0 Å². The van der Waals surface area contributed by atoms with Gasteiger partial charge in [-0.05, 0) is 72.8 Å². The molecule has 0 saturated heterocycles. The number of pyridine rings is 1. The third kappa shape index (κ3) is 2.95. The van der Waals surface area contributed by atoms with Crippen molar-refractivity contribution in [1.29, 1.82) is 0 Å². The second kappa shape index (κ2) is 5.75. The predicted octanol–water partition coefficient (Wildman–Crippen LogP) is 5.23. The molecule has 0 spiro atoms. The fourth-order valence-electron chi connectivity index (χ4n) is 4.17. The Balaban J connectivity index is 1.84. The summed E-state index contributed by atoms with van der Waals surface area (Å²) in [6.07, 6.45) is 5.50. The van der Waals surface area contributed by atoms with Gasteiger partial charge in [0.25, 0.3) is 0 Å². The SMILES string of the molecule is CC(C)C1CC(Cc2ccnc3ccc(F)cc23)CC1C. The van der Waals surface area contributed by atoms with Gasteiger partial charge >= 0.3 is 0 Å². The zero-order valence-electron chi connectivity index (χ0n) is 13.1. The van der Waals surface area contributed by atoms with Crippen molar-refractivity contribution in [3.8, 4) is 0 Å². The molecule has 2 aromatic rings. The molecule has 0 aliphatic heterocycles. The molecule has 3 unspecified atom stereocenters. The van der Waals surface area contributed by atoms with Crippen LogP contribution in [0.4, 0.5) is 4.39 Å². The zero-order chi connectivity index (χ0) is 15.0. The van der Waals surface area contributed by atoms with Gasteiger partial charge in [0, 0.05) is 11.6 Å². The van der Waals surface area contributed by atoms with Crippen molar-refractivity contribution >= 4 is 10.9 Å². The lowest BCUT2D eigenvalue weighted by Gasteiger charge is -2.19. The summed E-state index contributed by atoms with van der Waals surface area (Å²) in [5.41, 5.74) is 2.15. The van der Waals surface area contributed by atoms with Crippen molar-refractivity contribution in [3.05, 3.63) is 41.8 Å². The molecule has 1 aliphatic rings. The highest BCUT2D eigenvalue weighted by molar-refractivity contribution is 5.82. The van der Waals surface area contributed by atoms with Crippen molar-refractivity contribution < 1.29 is 4.39 Å². The van der Waals surface area contributed by atoms with Gasteiger partial charge in [-0.1, -0.05) is 20.8 Å². The summed E-state index contributed by atoms with van der Waals surface area (Å²) >= 11 is 0. The fraction of sp³-hybridized carbons (Fsp3) is 0.526. The summed E-state index contributed by atoms with van der Waals surface area (Å²) in [4.78, 5) is 4.35. The number of halogens is 1. The van der Waals surface area contributed by atoms with Gasteiger partial charge in [0.2, 0.25) is 0 Å². The lowest BCUT2D eigenvalue weighted by atomic mass is 9.87. The monoisotopic (exact) mass is 285 g/mol. The number of aromatic nitrogens is 1. The standard InChI is InChI=1S/C19H24FN/c1-12(2)17-10-14(8-13(17)3)9-15-6-7-21-19-5-4-16(20)11-18(15)19/h4-7,11-14,17H,8-10H2,1-3H3. The number of nitrogens with zero attached hydrogens (tertiary/aromatic N) is 1. The Morgan fingerprint density at radius 2 is 2.05 bits per heavy atom. The van der Waals surface area contributed by atoms with Gasteiger partial charge in [-0.15, -0.1) is 0 Å². The van der Waals surface area contributed by atoms with Crippen LogP contribution < -0.4 is 0 Å². The maximum Gasteiger partial charge on any atom is 0.123 e. The molecule has 1 nitrogen and oxygen atoms in total. The summed E-state index contributed by atoms with van der Waals surface area (Å²) in [7, 11) is 0. The first-order valence-electron chi connectivity index (χ1n) is 8.07. The van der Waals surface area contributed by atoms with Gasteiger partial charge in [-0.3, -0.25) is 4.98 Å². The maximum absolute atomic E-state index is 13.5. The van der Waals surface area contributed by atoms with Crippen molar-refractivity contribution in [1.82, 2.24) is 4.98 Å². The van der Waals surface area contributed by atoms with E-state index in [4.69, 9.17) is 0 Å². The Hall–Kier alpha value is -1.44. The Morgan fingerprint density at radius 3 is 2.76 bits per heavy atom. The van der Waals surface area contributed by atoms with Crippen LogP contribution in [0, 0.1) is 29.5 Å². The van der Waals surface area contributed by atoms with Crippen molar-refractivity contribution in [2.75, 3.05) is 0 Å². The normalized spacial score (nSPS) is 25.9. The molecule has 2 heteroatoms. The number of fused-ring (bicyclic) bond motifs is 1. The molecule has 0 radical (unpaired) electrons. The first kappa shape index (κ1) is 14.5. The average molecular weight is 285 g/mol. The first-order valence-corrected chi connectivity index (χ1v) is 8.07. The molecule has 1 saturated carbocycles. The van der Waals surface area contributed by atoms with E-state index >= 15 is 0 Å². The molecule has 1 aromatic carbocycles. The van der Waals surface area contributed by atoms with Crippen LogP contribution in [0.2, 0.25) is 0 Å². The van der Waals surface area contributed by atoms with Crippen LogP contribution >= 0.6 is 0 Å². The number of benzene rings is 1. The second-order valence-electron chi connectivity index (χ2n) is 7.06. The first-order chi connectivity index (χ1) is 10.0. The molecule has 0 amide bonds. The fourth-order valence-corrected chi connectivity index (χ4v) is 4.17. The van der Waals surface area contributed by atoms with Crippen molar-refractivity contribution in [2.45, 2.75) is 40.0 Å². The van der Waals surface area contributed by atoms with Crippen LogP contribution in [0.25, 0.3) is 10.9 Å². The number of hydrogen-bond acceptors (Lipinski definition) is 1. The molecule has 21 heavy (non-hydrogen) atoms. The lowest BCUT2D eigenvalue weighted by Crippen LogP contribution is -2.11. The lowest BCUT2D eigenvalue weighted by molar-refractivity contribution is 0.312. The quantitative estimate of drug-likeness (QED) is 0.752. The number of hydrogen-bond donors (Lipinski definition) is 0. The molecular weight excluding hydrogens is 261 g/mol. The van der Waals surface area contributed by atoms with E-state index in [-0.39, 0.29) is 5.82 Å². The van der Waals surface area contributed by atoms with Gasteiger partial charge in [0.05, 0.1) is 5.52 Å². The maximum atomic E-state index is 13.5. The molecule has 112 valence electrons. The zero-order valence-corrected chi connectivity index (χ0v) is 13.1. The van der Waals surface area contributed by atoms with E-state index in [1.165, 1.54) is 24.5 Å². The van der Waals surface area contributed by atoms with Crippen LogP contribution in [0.1, 0.15) is 39.2 Å². The van der Waals surface area contributed by atoms with Gasteiger partial charge < -0.3 is 0 Å². The third-order valence-corrected chi connectivity index (χ3v) is 5.20. The van der Waals surface area contributed by atoms with E-state index in [1.807, 2.05) is 6.20 Å². The van der Waals surface area contributed by atoms with E-state index in [1.54, 1.807) is 12.1 Å². The molecule has 1 aliphatic carbocycles. The van der Waals surface area contributed by atoms with E-state index in [9.17, 15) is 4.39 Å². The Labute approximate surface area is 126 Å². The Morgan fingerprint density at radius 1 is 1.24 bits per heavy atom. The van der Waals surface area contributed by atoms with E-state index in [0.29, 0.717) is 0 Å². The summed E-state index contributed by atoms with van der Waals surface area (Å²) in [6.45, 7) is 7.05. The van der Waals surface area contributed by atoms with E-state index in [0.717, 1.165) is 41.0 Å². The van der Waals surface area contributed by atoms with Crippen LogP contribution in [-0.2, 0) is 6.42 Å². The van der Waals surface area contributed by atoms with E-state index < -0.39 is 0 Å². The minimum absolute atomic E-state index is 0.170. The van der Waals surface area contributed by atoms with Crippen LogP contribution in [0.3, 0.4) is 0 Å². The van der Waals surface area contributed by atoms with Crippen LogP contribution in [0.15, 0.2) is 30.5 Å². The van der Waals surface area contributed by atoms with Crippen molar-refractivity contribution in [3.63, 3.8) is 0 Å². The largest absolute Gasteiger partial charge is 0.256 e. The van der Waals surface area contributed by atoms with Gasteiger partial charge in [-0.2, -0.15) is 0 Å². The summed E-state index contributed by atoms with van der Waals surface area (Å²) in [6, 6.07) is 6.97. The molecule has 1 fully saturated rings. The molecule has 1 heterocycles. The molecule has 0 bridgehead atoms. The summed E-state index contributed by atoms with van der Waals surface area (Å²) in [5, 5.41) is 0.984. The molecule has 3 rings (SSSR count). The van der Waals surface area contributed by atoms with Gasteiger partial charge in [-0.25, -0.2) is 4.39 Å². The van der Waals surface area contributed by atoms with Gasteiger partial charge in [0.1, 0.15) is 5.82 Å². The molecular formula is C19H24FN. The predicted molar refractivity (Wildman–Crippen MR) is 85.6 cm³/mol. The van der Waals surface area contributed by atoms with Crippen molar-refractivity contribution in [2.24, 2.45) is 23.7 Å². The molecule has 1 aromatic heterocycles. The number of rotatable bonds is 3. The average Bonchev–Trinajstić information content (AvgIpc) is 2.80. The van der Waals surface area contributed by atoms with Crippen LogP contribution in [-0.4, -0.2) is 4.98 Å². The highest BCUT2D eigenvalue weighted by Gasteiger charge is 2.33. The molecule has 3 atom stereocenters. The minimum Gasteiger partial charge on any atom is -0.256 e. The smallest absolute Gasteiger partial charge is 0.123 e. The topological polar surface area (TPSA) is 12.9 Å². The third-order valence-electron chi connectivity index (χ3n) is 5.20. The molecule has 0 N–H and O–H groups in total. The summed E-state index contributed by atoms with van der Waals surface area (Å²) < 4.78 is 13.5. The highest BCUT2D eigenvalue weighted by Crippen LogP contribution is 2.42.